The minimum atomic E-state index is -3.54. The fraction of sp³-hybridized carbons (Fsp3) is 0.280. The van der Waals surface area contributed by atoms with Gasteiger partial charge in [0.25, 0.3) is 0 Å². The molecular weight excluding hydrogens is 456 g/mol. The summed E-state index contributed by atoms with van der Waals surface area (Å²) in [5, 5.41) is 24.1. The van der Waals surface area contributed by atoms with E-state index in [1.54, 1.807) is 6.07 Å². The molecule has 0 amide bonds. The number of aliphatic hydroxyl groups excluding tert-OH is 1. The number of nitrogens with one attached hydrogen (secondary N) is 2. The van der Waals surface area contributed by atoms with Gasteiger partial charge in [-0.05, 0) is 53.8 Å². The van der Waals surface area contributed by atoms with E-state index in [0.717, 1.165) is 23.8 Å². The Bertz CT molecular complexity index is 1230. The number of phenols is 1. The molecule has 0 saturated carbocycles. The van der Waals surface area contributed by atoms with Crippen molar-refractivity contribution in [3.8, 4) is 17.2 Å². The predicted molar refractivity (Wildman–Crippen MR) is 130 cm³/mol. The van der Waals surface area contributed by atoms with Gasteiger partial charge in [-0.2, -0.15) is 0 Å². The van der Waals surface area contributed by atoms with Gasteiger partial charge in [0.2, 0.25) is 16.8 Å². The molecule has 2 atom stereocenters. The highest BCUT2D eigenvalue weighted by Crippen LogP contribution is 2.35. The van der Waals surface area contributed by atoms with Gasteiger partial charge in [-0.15, -0.1) is 0 Å². The van der Waals surface area contributed by atoms with E-state index in [2.05, 4.69) is 22.2 Å². The molecule has 9 heteroatoms. The molecule has 180 valence electrons. The summed E-state index contributed by atoms with van der Waals surface area (Å²) in [6.45, 7) is 0.513. The van der Waals surface area contributed by atoms with Crippen LogP contribution in [0.4, 0.5) is 5.69 Å². The average Bonchev–Trinajstić information content (AvgIpc) is 3.26. The molecule has 0 spiro atoms. The van der Waals surface area contributed by atoms with Gasteiger partial charge in [0.05, 0.1) is 18.0 Å². The number of fused-ring (bicyclic) bond motifs is 1. The highest BCUT2D eigenvalue weighted by Gasteiger charge is 2.20. The van der Waals surface area contributed by atoms with E-state index < -0.39 is 16.1 Å². The van der Waals surface area contributed by atoms with E-state index in [4.69, 9.17) is 9.47 Å². The summed E-state index contributed by atoms with van der Waals surface area (Å²) in [6.07, 6.45) is 1.28. The van der Waals surface area contributed by atoms with E-state index in [9.17, 15) is 18.6 Å². The van der Waals surface area contributed by atoms with E-state index in [1.165, 1.54) is 12.1 Å². The number of phenolic OH excluding ortho intramolecular Hbond substituents is 1. The molecule has 3 aromatic carbocycles. The van der Waals surface area contributed by atoms with Crippen LogP contribution in [0.25, 0.3) is 0 Å². The van der Waals surface area contributed by atoms with E-state index in [0.29, 0.717) is 23.6 Å². The molecule has 3 aromatic rings. The standard InChI is InChI=1S/C25H28N2O6S/c1-34(30,31)27-22-13-18(7-9-23(22)29)11-20(28)15-26-21(12-17-5-3-2-4-6-17)19-8-10-24-25(14-19)33-16-32-24/h2-10,13-14,20-21,26-29H,11-12,15-16H2,1H3/t20-,21+/m0/s1. The number of hydrogen-bond acceptors (Lipinski definition) is 7. The third kappa shape index (κ3) is 6.40. The zero-order valence-electron chi connectivity index (χ0n) is 18.8. The largest absolute Gasteiger partial charge is 0.506 e. The number of ether oxygens (including phenoxy) is 2. The van der Waals surface area contributed by atoms with Crippen LogP contribution in [0.5, 0.6) is 17.2 Å². The molecule has 0 unspecified atom stereocenters. The quantitative estimate of drug-likeness (QED) is 0.327. The summed E-state index contributed by atoms with van der Waals surface area (Å²) in [4.78, 5) is 0. The van der Waals surface area contributed by atoms with Crippen molar-refractivity contribution in [1.29, 1.82) is 0 Å². The maximum atomic E-state index is 11.5. The summed E-state index contributed by atoms with van der Waals surface area (Å²) in [7, 11) is -3.54. The van der Waals surface area contributed by atoms with Crippen molar-refractivity contribution in [2.45, 2.75) is 25.0 Å². The summed E-state index contributed by atoms with van der Waals surface area (Å²) < 4.78 is 36.3. The number of hydrogen-bond donors (Lipinski definition) is 4. The summed E-state index contributed by atoms with van der Waals surface area (Å²) in [6, 6.07) is 20.4. The molecular formula is C25H28N2O6S. The minimum Gasteiger partial charge on any atom is -0.506 e. The van der Waals surface area contributed by atoms with Crippen LogP contribution in [-0.2, 0) is 22.9 Å². The van der Waals surface area contributed by atoms with Crippen molar-refractivity contribution in [3.05, 3.63) is 83.4 Å². The van der Waals surface area contributed by atoms with Gasteiger partial charge in [0.1, 0.15) is 5.75 Å². The smallest absolute Gasteiger partial charge is 0.231 e. The fourth-order valence-corrected chi connectivity index (χ4v) is 4.46. The van der Waals surface area contributed by atoms with Crippen LogP contribution in [0.1, 0.15) is 22.7 Å². The van der Waals surface area contributed by atoms with Crippen LogP contribution in [0.3, 0.4) is 0 Å². The second kappa shape index (κ2) is 10.3. The maximum absolute atomic E-state index is 11.5. The van der Waals surface area contributed by atoms with Gasteiger partial charge in [0.15, 0.2) is 11.5 Å². The molecule has 1 aliphatic rings. The Morgan fingerprint density at radius 3 is 2.47 bits per heavy atom. The molecule has 4 rings (SSSR count). The van der Waals surface area contributed by atoms with Crippen LogP contribution in [-0.4, -0.2) is 44.3 Å². The first-order valence-corrected chi connectivity index (χ1v) is 12.8. The second-order valence-corrected chi connectivity index (χ2v) is 10.1. The molecule has 34 heavy (non-hydrogen) atoms. The molecule has 0 radical (unpaired) electrons. The lowest BCUT2D eigenvalue weighted by atomic mass is 9.98. The van der Waals surface area contributed by atoms with Gasteiger partial charge < -0.3 is 25.0 Å². The Kier molecular flexibility index (Phi) is 7.26. The van der Waals surface area contributed by atoms with Crippen LogP contribution >= 0.6 is 0 Å². The summed E-state index contributed by atoms with van der Waals surface area (Å²) in [5.74, 6) is 1.24. The molecule has 4 N–H and O–H groups in total. The molecule has 0 bridgehead atoms. The first-order chi connectivity index (χ1) is 16.3. The first kappa shape index (κ1) is 23.9. The van der Waals surface area contributed by atoms with Gasteiger partial charge in [-0.25, -0.2) is 8.42 Å². The number of anilines is 1. The molecule has 0 aliphatic carbocycles. The van der Waals surface area contributed by atoms with Crippen LogP contribution in [0.2, 0.25) is 0 Å². The molecule has 0 aromatic heterocycles. The van der Waals surface area contributed by atoms with Crippen molar-refractivity contribution >= 4 is 15.7 Å². The monoisotopic (exact) mass is 484 g/mol. The zero-order chi connectivity index (χ0) is 24.1. The predicted octanol–water partition coefficient (Wildman–Crippen LogP) is 2.97. The molecule has 1 heterocycles. The fourth-order valence-electron chi connectivity index (χ4n) is 3.90. The van der Waals surface area contributed by atoms with Gasteiger partial charge in [0, 0.05) is 12.6 Å². The lowest BCUT2D eigenvalue weighted by molar-refractivity contribution is 0.167. The Labute approximate surface area is 199 Å². The maximum Gasteiger partial charge on any atom is 0.231 e. The van der Waals surface area contributed by atoms with Crippen molar-refractivity contribution in [1.82, 2.24) is 5.32 Å². The lowest BCUT2D eigenvalue weighted by Gasteiger charge is -2.22. The Morgan fingerprint density at radius 1 is 0.941 bits per heavy atom. The number of aliphatic hydroxyl groups is 1. The van der Waals surface area contributed by atoms with E-state index in [-0.39, 0.29) is 30.7 Å². The number of aromatic hydroxyl groups is 1. The summed E-state index contributed by atoms with van der Waals surface area (Å²) in [5.41, 5.74) is 2.95. The number of rotatable bonds is 10. The van der Waals surface area contributed by atoms with Gasteiger partial charge in [-0.1, -0.05) is 42.5 Å². The highest BCUT2D eigenvalue weighted by molar-refractivity contribution is 7.92. The normalized spacial score (nSPS) is 14.5. The van der Waals surface area contributed by atoms with Crippen molar-refractivity contribution in [2.75, 3.05) is 24.3 Å². The van der Waals surface area contributed by atoms with Crippen LogP contribution in [0.15, 0.2) is 66.7 Å². The molecule has 8 nitrogen and oxygen atoms in total. The Morgan fingerprint density at radius 2 is 1.71 bits per heavy atom. The Hall–Kier alpha value is -3.27. The number of benzene rings is 3. The van der Waals surface area contributed by atoms with E-state index >= 15 is 0 Å². The van der Waals surface area contributed by atoms with Crippen molar-refractivity contribution < 1.29 is 28.1 Å². The van der Waals surface area contributed by atoms with E-state index in [1.807, 2.05) is 36.4 Å². The molecule has 1 aliphatic heterocycles. The van der Waals surface area contributed by atoms with Gasteiger partial charge >= 0.3 is 0 Å². The highest BCUT2D eigenvalue weighted by atomic mass is 32.2. The minimum absolute atomic E-state index is 0.0752. The lowest BCUT2D eigenvalue weighted by Crippen LogP contribution is -2.32. The number of sulfonamides is 1. The van der Waals surface area contributed by atoms with Crippen molar-refractivity contribution in [3.63, 3.8) is 0 Å². The SMILES string of the molecule is CS(=O)(=O)Nc1cc(C[C@H](O)CN[C@H](Cc2ccccc2)c2ccc3c(c2)OCO3)ccc1O. The van der Waals surface area contributed by atoms with Gasteiger partial charge in [-0.3, -0.25) is 4.72 Å². The Balaban J connectivity index is 1.45. The average molecular weight is 485 g/mol. The summed E-state index contributed by atoms with van der Waals surface area (Å²) >= 11 is 0. The van der Waals surface area contributed by atoms with Crippen molar-refractivity contribution in [2.24, 2.45) is 0 Å². The second-order valence-electron chi connectivity index (χ2n) is 8.35. The molecule has 0 fully saturated rings. The third-order valence-corrected chi connectivity index (χ3v) is 6.10. The third-order valence-electron chi connectivity index (χ3n) is 5.51. The molecule has 0 saturated heterocycles. The zero-order valence-corrected chi connectivity index (χ0v) is 19.6. The van der Waals surface area contributed by atoms with Crippen LogP contribution < -0.4 is 19.5 Å². The van der Waals surface area contributed by atoms with Crippen LogP contribution in [0, 0.1) is 0 Å². The topological polar surface area (TPSA) is 117 Å². The first-order valence-electron chi connectivity index (χ1n) is 10.9.